The summed E-state index contributed by atoms with van der Waals surface area (Å²) in [6.45, 7) is -0.571. The number of hydrogen-bond donors (Lipinski definition) is 2. The van der Waals surface area contributed by atoms with Crippen LogP contribution in [0.2, 0.25) is 0 Å². The van der Waals surface area contributed by atoms with Crippen LogP contribution in [0.15, 0.2) is 18.2 Å². The van der Waals surface area contributed by atoms with E-state index in [4.69, 9.17) is 10.2 Å². The SMILES string of the molecule is O=C(O)c1ccc(C#CCO)c(C(F)(F)F)c1. The van der Waals surface area contributed by atoms with Crippen molar-refractivity contribution >= 4 is 5.97 Å². The summed E-state index contributed by atoms with van der Waals surface area (Å²) in [4.78, 5) is 10.6. The fourth-order valence-electron chi connectivity index (χ4n) is 1.16. The van der Waals surface area contributed by atoms with Crippen molar-refractivity contribution in [3.8, 4) is 11.8 Å². The Labute approximate surface area is 94.5 Å². The highest BCUT2D eigenvalue weighted by atomic mass is 19.4. The first-order chi connectivity index (χ1) is 7.86. The molecule has 0 aliphatic carbocycles. The highest BCUT2D eigenvalue weighted by Gasteiger charge is 2.33. The number of aromatic carboxylic acids is 1. The third-order valence-electron chi connectivity index (χ3n) is 1.87. The van der Waals surface area contributed by atoms with Gasteiger partial charge in [-0.3, -0.25) is 0 Å². The van der Waals surface area contributed by atoms with Gasteiger partial charge in [0.15, 0.2) is 0 Å². The molecule has 0 radical (unpaired) electrons. The van der Waals surface area contributed by atoms with Crippen molar-refractivity contribution in [3.05, 3.63) is 34.9 Å². The first kappa shape index (κ1) is 13.1. The third-order valence-corrected chi connectivity index (χ3v) is 1.87. The third kappa shape index (κ3) is 3.23. The number of halogens is 3. The van der Waals surface area contributed by atoms with Crippen LogP contribution in [0.4, 0.5) is 13.2 Å². The topological polar surface area (TPSA) is 57.5 Å². The maximum absolute atomic E-state index is 12.6. The first-order valence-corrected chi connectivity index (χ1v) is 4.40. The second-order valence-electron chi connectivity index (χ2n) is 3.02. The summed E-state index contributed by atoms with van der Waals surface area (Å²) in [6, 6.07) is 2.51. The maximum Gasteiger partial charge on any atom is 0.417 e. The lowest BCUT2D eigenvalue weighted by atomic mass is 10.0. The molecule has 17 heavy (non-hydrogen) atoms. The number of hydrogen-bond acceptors (Lipinski definition) is 2. The molecule has 0 heterocycles. The van der Waals surface area contributed by atoms with E-state index in [2.05, 4.69) is 11.8 Å². The van der Waals surface area contributed by atoms with Gasteiger partial charge in [-0.15, -0.1) is 0 Å². The minimum Gasteiger partial charge on any atom is -0.478 e. The number of aliphatic hydroxyl groups is 1. The molecule has 1 rings (SSSR count). The zero-order valence-electron chi connectivity index (χ0n) is 8.38. The largest absolute Gasteiger partial charge is 0.478 e. The van der Waals surface area contributed by atoms with E-state index in [1.54, 1.807) is 0 Å². The molecule has 0 amide bonds. The summed E-state index contributed by atoms with van der Waals surface area (Å²) in [6.07, 6.45) is -4.69. The van der Waals surface area contributed by atoms with Gasteiger partial charge in [0.2, 0.25) is 0 Å². The quantitative estimate of drug-likeness (QED) is 0.740. The molecule has 0 aliphatic heterocycles. The smallest absolute Gasteiger partial charge is 0.417 e. The van der Waals surface area contributed by atoms with Crippen LogP contribution in [0, 0.1) is 11.8 Å². The second kappa shape index (κ2) is 4.89. The molecule has 6 heteroatoms. The summed E-state index contributed by atoms with van der Waals surface area (Å²) in [5.74, 6) is 2.76. The Kier molecular flexibility index (Phi) is 3.76. The molecule has 3 nitrogen and oxygen atoms in total. The number of carboxylic acid groups (broad SMARTS) is 1. The molecule has 1 aromatic rings. The van der Waals surface area contributed by atoms with Crippen molar-refractivity contribution in [1.82, 2.24) is 0 Å². The van der Waals surface area contributed by atoms with E-state index in [1.807, 2.05) is 0 Å². The lowest BCUT2D eigenvalue weighted by Crippen LogP contribution is -2.10. The molecule has 0 fully saturated rings. The summed E-state index contributed by atoms with van der Waals surface area (Å²) in [5, 5.41) is 17.0. The lowest BCUT2D eigenvalue weighted by Gasteiger charge is -2.09. The first-order valence-electron chi connectivity index (χ1n) is 4.40. The summed E-state index contributed by atoms with van der Waals surface area (Å²) < 4.78 is 37.8. The summed E-state index contributed by atoms with van der Waals surface area (Å²) in [7, 11) is 0. The zero-order valence-corrected chi connectivity index (χ0v) is 8.38. The second-order valence-corrected chi connectivity index (χ2v) is 3.02. The van der Waals surface area contributed by atoms with Gasteiger partial charge in [-0.1, -0.05) is 11.8 Å². The van der Waals surface area contributed by atoms with Gasteiger partial charge in [0.05, 0.1) is 11.1 Å². The van der Waals surface area contributed by atoms with Crippen LogP contribution in [-0.2, 0) is 6.18 Å². The van der Waals surface area contributed by atoms with E-state index < -0.39 is 29.9 Å². The predicted octanol–water partition coefficient (Wildman–Crippen LogP) is 1.75. The van der Waals surface area contributed by atoms with E-state index in [0.29, 0.717) is 6.07 Å². The fraction of sp³-hybridized carbons (Fsp3) is 0.182. The molecule has 0 unspecified atom stereocenters. The number of carboxylic acids is 1. The Morgan fingerprint density at radius 1 is 1.35 bits per heavy atom. The van der Waals surface area contributed by atoms with Gasteiger partial charge in [0.25, 0.3) is 0 Å². The molecule has 0 bridgehead atoms. The van der Waals surface area contributed by atoms with Crippen LogP contribution in [0.25, 0.3) is 0 Å². The minimum absolute atomic E-state index is 0.364. The van der Waals surface area contributed by atoms with Crippen molar-refractivity contribution in [2.45, 2.75) is 6.18 Å². The number of benzene rings is 1. The Hall–Kier alpha value is -2.00. The molecular formula is C11H7F3O3. The van der Waals surface area contributed by atoms with Gasteiger partial charge in [-0.2, -0.15) is 13.2 Å². The maximum atomic E-state index is 12.6. The molecule has 90 valence electrons. The van der Waals surface area contributed by atoms with Crippen molar-refractivity contribution < 1.29 is 28.2 Å². The number of alkyl halides is 3. The van der Waals surface area contributed by atoms with Crippen molar-refractivity contribution in [2.75, 3.05) is 6.61 Å². The zero-order chi connectivity index (χ0) is 13.1. The number of aliphatic hydroxyl groups excluding tert-OH is 1. The molecule has 0 atom stereocenters. The lowest BCUT2D eigenvalue weighted by molar-refractivity contribution is -0.137. The Morgan fingerprint density at radius 3 is 2.47 bits per heavy atom. The van der Waals surface area contributed by atoms with E-state index in [9.17, 15) is 18.0 Å². The molecule has 0 aliphatic rings. The van der Waals surface area contributed by atoms with Gasteiger partial charge in [-0.05, 0) is 18.2 Å². The van der Waals surface area contributed by atoms with E-state index in [0.717, 1.165) is 12.1 Å². The fourth-order valence-corrected chi connectivity index (χ4v) is 1.16. The summed E-state index contributed by atoms with van der Waals surface area (Å²) in [5.41, 5.74) is -1.96. The van der Waals surface area contributed by atoms with Crippen LogP contribution < -0.4 is 0 Å². The molecule has 2 N–H and O–H groups in total. The van der Waals surface area contributed by atoms with Crippen LogP contribution >= 0.6 is 0 Å². The molecule has 0 aromatic heterocycles. The Bertz CT molecular complexity index is 495. The van der Waals surface area contributed by atoms with E-state index in [1.165, 1.54) is 0 Å². The highest BCUT2D eigenvalue weighted by Crippen LogP contribution is 2.32. The van der Waals surface area contributed by atoms with Crippen molar-refractivity contribution in [2.24, 2.45) is 0 Å². The Balaban J connectivity index is 3.37. The number of rotatable bonds is 1. The van der Waals surface area contributed by atoms with E-state index in [-0.39, 0.29) is 5.56 Å². The molecule has 0 saturated heterocycles. The molecule has 1 aromatic carbocycles. The monoisotopic (exact) mass is 244 g/mol. The Morgan fingerprint density at radius 2 is 2.00 bits per heavy atom. The molecular weight excluding hydrogens is 237 g/mol. The average Bonchev–Trinajstić information content (AvgIpc) is 2.24. The average molecular weight is 244 g/mol. The van der Waals surface area contributed by atoms with Gasteiger partial charge < -0.3 is 10.2 Å². The van der Waals surface area contributed by atoms with Crippen LogP contribution in [-0.4, -0.2) is 22.8 Å². The van der Waals surface area contributed by atoms with Crippen molar-refractivity contribution in [3.63, 3.8) is 0 Å². The predicted molar refractivity (Wildman–Crippen MR) is 52.4 cm³/mol. The van der Waals surface area contributed by atoms with Gasteiger partial charge in [0, 0.05) is 5.56 Å². The molecule has 0 spiro atoms. The van der Waals surface area contributed by atoms with Crippen LogP contribution in [0.1, 0.15) is 21.5 Å². The minimum atomic E-state index is -4.69. The summed E-state index contributed by atoms with van der Waals surface area (Å²) >= 11 is 0. The van der Waals surface area contributed by atoms with Gasteiger partial charge >= 0.3 is 12.1 Å². The van der Waals surface area contributed by atoms with Gasteiger partial charge in [0.1, 0.15) is 6.61 Å². The normalized spacial score (nSPS) is 10.6. The van der Waals surface area contributed by atoms with Crippen LogP contribution in [0.5, 0.6) is 0 Å². The van der Waals surface area contributed by atoms with Crippen molar-refractivity contribution in [1.29, 1.82) is 0 Å². The van der Waals surface area contributed by atoms with Crippen LogP contribution in [0.3, 0.4) is 0 Å². The molecule has 0 saturated carbocycles. The number of carbonyl (C=O) groups is 1. The highest BCUT2D eigenvalue weighted by molar-refractivity contribution is 5.88. The van der Waals surface area contributed by atoms with Gasteiger partial charge in [-0.25, -0.2) is 4.79 Å². The standard InChI is InChI=1S/C11H7F3O3/c12-11(13,14)9-6-8(10(16)17)4-3-7(9)2-1-5-15/h3-4,6,15H,5H2,(H,16,17). The van der Waals surface area contributed by atoms with E-state index >= 15 is 0 Å².